The molecule has 0 saturated carbocycles. The molecule has 6 rings (SSSR count). The summed E-state index contributed by atoms with van der Waals surface area (Å²) >= 11 is 0. The van der Waals surface area contributed by atoms with Crippen LogP contribution in [-0.2, 0) is 36.1 Å². The summed E-state index contributed by atoms with van der Waals surface area (Å²) in [7, 11) is 1.71. The van der Waals surface area contributed by atoms with Crippen molar-refractivity contribution < 1.29 is 56.9 Å². The molecule has 0 amide bonds. The predicted octanol–water partition coefficient (Wildman–Crippen LogP) is 2.62. The Bertz CT molecular complexity index is 2030. The summed E-state index contributed by atoms with van der Waals surface area (Å²) in [4.78, 5) is 3.07. The summed E-state index contributed by atoms with van der Waals surface area (Å²) in [5, 5.41) is 57.2. The number of hydrogen-bond donors (Lipinski definition) is 10. The zero-order chi connectivity index (χ0) is 42.2. The highest BCUT2D eigenvalue weighted by Crippen LogP contribution is 2.40. The summed E-state index contributed by atoms with van der Waals surface area (Å²) in [6, 6.07) is 19.3. The average Bonchev–Trinajstić information content (AvgIpc) is 3.14. The van der Waals surface area contributed by atoms with Gasteiger partial charge in [-0.2, -0.15) is 8.42 Å². The third-order valence-electron chi connectivity index (χ3n) is 9.51. The molecule has 308 valence electrons. The predicted molar refractivity (Wildman–Crippen MR) is 213 cm³/mol. The molecule has 18 nitrogen and oxygen atoms in total. The van der Waals surface area contributed by atoms with Crippen molar-refractivity contribution in [3.05, 3.63) is 95.1 Å². The molecule has 2 aliphatic carbocycles. The van der Waals surface area contributed by atoms with Crippen molar-refractivity contribution in [2.24, 2.45) is 11.5 Å². The van der Waals surface area contributed by atoms with Gasteiger partial charge in [-0.15, -0.1) is 0 Å². The van der Waals surface area contributed by atoms with E-state index in [1.54, 1.807) is 64.8 Å². The molecule has 57 heavy (non-hydrogen) atoms. The monoisotopic (exact) mass is 812 g/mol. The number of fused-ring (bicyclic) bond motifs is 2. The van der Waals surface area contributed by atoms with Crippen LogP contribution in [0.3, 0.4) is 0 Å². The van der Waals surface area contributed by atoms with Crippen LogP contribution in [-0.4, -0.2) is 103 Å². The number of aromatic hydroxyl groups is 2. The minimum absolute atomic E-state index is 0.0682. The Kier molecular flexibility index (Phi) is 14.4. The fourth-order valence-electron chi connectivity index (χ4n) is 7.17. The number of methoxy groups -OCH3 is 4. The van der Waals surface area contributed by atoms with E-state index in [0.717, 1.165) is 22.3 Å². The van der Waals surface area contributed by atoms with E-state index in [1.807, 2.05) is 24.3 Å². The van der Waals surface area contributed by atoms with Gasteiger partial charge in [-0.1, -0.05) is 12.1 Å². The van der Waals surface area contributed by atoms with E-state index in [4.69, 9.17) is 58.8 Å². The molecule has 4 aromatic rings. The molecule has 0 radical (unpaired) electrons. The molecule has 12 N–H and O–H groups in total. The molecule has 0 fully saturated rings. The largest absolute Gasteiger partial charge is 0.508 e. The standard InChI is InChI=1S/2C19H23N3O4.H2O4S/c2*1-25-17-6-7-18(26-2)14-10-16(24)15(9-13(14)17)22(19(20)21)11-4-3-5-12(23)8-11;1-5(2,3)4/h2*3-8,15-16,23-24H,9-10H2,1-2H3,(H3,20,21);(H2,1,2,3,4). The minimum Gasteiger partial charge on any atom is -0.508 e. The summed E-state index contributed by atoms with van der Waals surface area (Å²) in [5.74, 6) is 2.54. The number of guanidine groups is 2. The van der Waals surface area contributed by atoms with Crippen LogP contribution in [0.15, 0.2) is 72.8 Å². The summed E-state index contributed by atoms with van der Waals surface area (Å²) in [6.45, 7) is 0. The zero-order valence-electron chi connectivity index (χ0n) is 31.7. The highest BCUT2D eigenvalue weighted by atomic mass is 32.3. The Hall–Kier alpha value is -5.99. The number of nitrogens with two attached hydrogens (primary N) is 2. The number of nitrogens with one attached hydrogen (secondary N) is 2. The van der Waals surface area contributed by atoms with Gasteiger partial charge in [0.1, 0.15) is 34.5 Å². The third kappa shape index (κ3) is 10.7. The Morgan fingerprint density at radius 2 is 0.877 bits per heavy atom. The first kappa shape index (κ1) is 43.7. The molecule has 0 aromatic heterocycles. The van der Waals surface area contributed by atoms with Crippen LogP contribution >= 0.6 is 0 Å². The number of aliphatic hydroxyl groups excluding tert-OH is 2. The second-order valence-electron chi connectivity index (χ2n) is 12.9. The van der Waals surface area contributed by atoms with Crippen LogP contribution in [0.1, 0.15) is 22.3 Å². The molecule has 4 aromatic carbocycles. The van der Waals surface area contributed by atoms with Crippen LogP contribution in [0.25, 0.3) is 0 Å². The maximum atomic E-state index is 10.8. The Balaban J connectivity index is 0.000000226. The van der Waals surface area contributed by atoms with E-state index in [0.29, 0.717) is 60.1 Å². The highest BCUT2D eigenvalue weighted by Gasteiger charge is 2.38. The Labute approximate surface area is 330 Å². The molecule has 4 unspecified atom stereocenters. The lowest BCUT2D eigenvalue weighted by Gasteiger charge is -2.39. The van der Waals surface area contributed by atoms with E-state index in [9.17, 15) is 20.4 Å². The van der Waals surface area contributed by atoms with Crippen molar-refractivity contribution in [2.75, 3.05) is 38.2 Å². The lowest BCUT2D eigenvalue weighted by Crippen LogP contribution is -2.53. The summed E-state index contributed by atoms with van der Waals surface area (Å²) < 4.78 is 53.4. The molecule has 0 bridgehead atoms. The number of hydrogen-bond acceptors (Lipinski definition) is 12. The quantitative estimate of drug-likeness (QED) is 0.0695. The van der Waals surface area contributed by atoms with Crippen molar-refractivity contribution in [1.29, 1.82) is 10.8 Å². The van der Waals surface area contributed by atoms with Crippen molar-refractivity contribution >= 4 is 33.7 Å². The second-order valence-corrected chi connectivity index (χ2v) is 13.8. The number of phenolic OH excluding ortho intramolecular Hbond substituents is 2. The van der Waals surface area contributed by atoms with Gasteiger partial charge in [0.25, 0.3) is 0 Å². The molecule has 19 heteroatoms. The summed E-state index contributed by atoms with van der Waals surface area (Å²) in [5.41, 5.74) is 16.4. The maximum Gasteiger partial charge on any atom is 0.394 e. The normalized spacial score (nSPS) is 18.1. The average molecular weight is 813 g/mol. The van der Waals surface area contributed by atoms with Crippen LogP contribution < -0.4 is 40.2 Å². The van der Waals surface area contributed by atoms with Crippen molar-refractivity contribution in [3.8, 4) is 34.5 Å². The van der Waals surface area contributed by atoms with E-state index in [-0.39, 0.29) is 23.4 Å². The smallest absolute Gasteiger partial charge is 0.394 e. The second kappa shape index (κ2) is 18.8. The van der Waals surface area contributed by atoms with Crippen LogP contribution in [0.2, 0.25) is 0 Å². The van der Waals surface area contributed by atoms with E-state index < -0.39 is 34.7 Å². The van der Waals surface area contributed by atoms with Gasteiger partial charge in [-0.25, -0.2) is 0 Å². The lowest BCUT2D eigenvalue weighted by molar-refractivity contribution is 0.135. The number of nitrogens with zero attached hydrogens (tertiary/aromatic N) is 2. The number of ether oxygens (including phenoxy) is 4. The Morgan fingerprint density at radius 3 is 1.12 bits per heavy atom. The van der Waals surface area contributed by atoms with Crippen LogP contribution in [0.4, 0.5) is 11.4 Å². The Morgan fingerprint density at radius 1 is 0.596 bits per heavy atom. The number of phenols is 2. The topological polar surface area (TPSA) is 299 Å². The van der Waals surface area contributed by atoms with E-state index >= 15 is 0 Å². The van der Waals surface area contributed by atoms with Crippen molar-refractivity contribution in [1.82, 2.24) is 0 Å². The molecule has 2 aliphatic rings. The zero-order valence-corrected chi connectivity index (χ0v) is 32.5. The molecule has 0 spiro atoms. The lowest BCUT2D eigenvalue weighted by atomic mass is 9.84. The molecule has 0 saturated heterocycles. The van der Waals surface area contributed by atoms with Crippen molar-refractivity contribution in [2.45, 2.75) is 50.0 Å². The number of benzene rings is 4. The van der Waals surface area contributed by atoms with Gasteiger partial charge in [-0.3, -0.25) is 19.9 Å². The fourth-order valence-corrected chi connectivity index (χ4v) is 7.17. The van der Waals surface area contributed by atoms with E-state index in [2.05, 4.69) is 0 Å². The molecular weight excluding hydrogens is 765 g/mol. The maximum absolute atomic E-state index is 10.8. The number of rotatable bonds is 8. The van der Waals surface area contributed by atoms with E-state index in [1.165, 1.54) is 21.9 Å². The first-order chi connectivity index (χ1) is 26.9. The van der Waals surface area contributed by atoms with Gasteiger partial charge in [-0.05, 0) is 61.4 Å². The fraction of sp³-hybridized carbons (Fsp3) is 0.316. The molecule has 0 heterocycles. The SMILES string of the molecule is COc1ccc(OC)c2c1CC(O)C(N(C(=N)N)c1cccc(O)c1)C2.COc1ccc(OC)c2c1CC(O)C(N(C(=N)N)c1cccc(O)c1)C2.O=S(=O)(O)O. The van der Waals surface area contributed by atoms with Gasteiger partial charge in [0.15, 0.2) is 11.9 Å². The number of aliphatic hydroxyl groups is 2. The minimum atomic E-state index is -4.67. The molecular formula is C38H48N6O12S. The first-order valence-electron chi connectivity index (χ1n) is 17.3. The third-order valence-corrected chi connectivity index (χ3v) is 9.51. The van der Waals surface area contributed by atoms with Gasteiger partial charge >= 0.3 is 10.4 Å². The van der Waals surface area contributed by atoms with Crippen LogP contribution in [0.5, 0.6) is 34.5 Å². The summed E-state index contributed by atoms with van der Waals surface area (Å²) in [6.07, 6.45) is 0.00830. The van der Waals surface area contributed by atoms with Gasteiger partial charge in [0.05, 0.1) is 52.7 Å². The first-order valence-corrected chi connectivity index (χ1v) is 18.7. The van der Waals surface area contributed by atoms with Gasteiger partial charge < -0.3 is 60.6 Å². The van der Waals surface area contributed by atoms with Crippen LogP contribution in [0, 0.1) is 10.8 Å². The molecule has 4 atom stereocenters. The number of anilines is 2. The van der Waals surface area contributed by atoms with Gasteiger partial charge in [0, 0.05) is 58.6 Å². The molecule has 0 aliphatic heterocycles. The van der Waals surface area contributed by atoms with Gasteiger partial charge in [0.2, 0.25) is 0 Å². The highest BCUT2D eigenvalue weighted by molar-refractivity contribution is 7.79. The van der Waals surface area contributed by atoms with Crippen molar-refractivity contribution in [3.63, 3.8) is 0 Å².